The average molecular weight is 316 g/mol. The van der Waals surface area contributed by atoms with Crippen molar-refractivity contribution < 1.29 is 0 Å². The largest absolute Gasteiger partial charge is 0.234 e. The van der Waals surface area contributed by atoms with Crippen LogP contribution in [-0.4, -0.2) is 20.0 Å². The predicted octanol–water partition coefficient (Wildman–Crippen LogP) is 3.93. The summed E-state index contributed by atoms with van der Waals surface area (Å²) >= 11 is 1.80. The van der Waals surface area contributed by atoms with Crippen LogP contribution in [0.1, 0.15) is 17.2 Å². The van der Waals surface area contributed by atoms with Gasteiger partial charge in [-0.3, -0.25) is 0 Å². The van der Waals surface area contributed by atoms with Crippen molar-refractivity contribution in [2.24, 2.45) is 0 Å². The van der Waals surface area contributed by atoms with Crippen LogP contribution in [0.5, 0.6) is 0 Å². The zero-order chi connectivity index (χ0) is 15.2. The van der Waals surface area contributed by atoms with Crippen molar-refractivity contribution in [1.29, 1.82) is 0 Å². The third-order valence-corrected chi connectivity index (χ3v) is 5.23. The zero-order valence-corrected chi connectivity index (χ0v) is 12.9. The van der Waals surface area contributed by atoms with Gasteiger partial charge >= 0.3 is 0 Å². The first-order valence-corrected chi connectivity index (χ1v) is 8.25. The quantitative estimate of drug-likeness (QED) is 0.470. The van der Waals surface area contributed by atoms with Crippen molar-refractivity contribution in [1.82, 2.24) is 20.0 Å². The van der Waals surface area contributed by atoms with E-state index in [0.717, 1.165) is 5.52 Å². The van der Waals surface area contributed by atoms with E-state index in [1.54, 1.807) is 22.8 Å². The lowest BCUT2D eigenvalue weighted by Crippen LogP contribution is -2.19. The van der Waals surface area contributed by atoms with Crippen LogP contribution in [0.25, 0.3) is 11.2 Å². The van der Waals surface area contributed by atoms with Gasteiger partial charge in [0.1, 0.15) is 11.6 Å². The van der Waals surface area contributed by atoms with Crippen LogP contribution in [0.2, 0.25) is 0 Å². The fourth-order valence-electron chi connectivity index (χ4n) is 3.02. The van der Waals surface area contributed by atoms with Crippen LogP contribution in [0.3, 0.4) is 0 Å². The highest BCUT2D eigenvalue weighted by atomic mass is 32.2. The lowest BCUT2D eigenvalue weighted by Gasteiger charge is -2.26. The molecule has 0 aliphatic carbocycles. The Morgan fingerprint density at radius 3 is 2.17 bits per heavy atom. The molecule has 0 amide bonds. The molecule has 1 aliphatic rings. The molecule has 0 saturated carbocycles. The van der Waals surface area contributed by atoms with Crippen LogP contribution in [0, 0.1) is 0 Å². The van der Waals surface area contributed by atoms with Gasteiger partial charge in [-0.1, -0.05) is 48.2 Å². The van der Waals surface area contributed by atoms with Gasteiger partial charge in [-0.15, -0.1) is 5.10 Å². The molecule has 0 bridgehead atoms. The van der Waals surface area contributed by atoms with Crippen LogP contribution in [0.15, 0.2) is 76.7 Å². The van der Waals surface area contributed by atoms with Gasteiger partial charge in [0.25, 0.3) is 0 Å². The van der Waals surface area contributed by atoms with Gasteiger partial charge in [0.05, 0.1) is 0 Å². The summed E-state index contributed by atoms with van der Waals surface area (Å²) in [4.78, 5) is 8.62. The number of hydrogen-bond donors (Lipinski definition) is 0. The number of benzene rings is 2. The molecule has 5 rings (SSSR count). The summed E-state index contributed by atoms with van der Waals surface area (Å²) in [6.07, 6.45) is 1.75. The monoisotopic (exact) mass is 316 g/mol. The van der Waals surface area contributed by atoms with E-state index < -0.39 is 0 Å². The molecule has 0 atom stereocenters. The Morgan fingerprint density at radius 1 is 0.783 bits per heavy atom. The molecule has 4 nitrogen and oxygen atoms in total. The van der Waals surface area contributed by atoms with E-state index in [-0.39, 0.29) is 6.04 Å². The molecule has 2 aromatic heterocycles. The molecule has 0 radical (unpaired) electrons. The van der Waals surface area contributed by atoms with E-state index in [1.165, 1.54) is 20.9 Å². The molecule has 0 fully saturated rings. The van der Waals surface area contributed by atoms with Crippen molar-refractivity contribution in [3.8, 4) is 0 Å². The first-order valence-electron chi connectivity index (χ1n) is 7.43. The van der Waals surface area contributed by atoms with Crippen molar-refractivity contribution in [3.63, 3.8) is 0 Å². The Labute approximate surface area is 137 Å². The van der Waals surface area contributed by atoms with Crippen LogP contribution >= 0.6 is 11.8 Å². The minimum Gasteiger partial charge on any atom is -0.234 e. The summed E-state index contributed by atoms with van der Waals surface area (Å²) < 4.78 is 0. The molecule has 2 aromatic carbocycles. The first kappa shape index (κ1) is 12.8. The van der Waals surface area contributed by atoms with Gasteiger partial charge in [0.2, 0.25) is 5.65 Å². The summed E-state index contributed by atoms with van der Waals surface area (Å²) in [5.74, 6) is 0. The number of fused-ring (bicyclic) bond motifs is 3. The zero-order valence-electron chi connectivity index (χ0n) is 12.1. The normalized spacial score (nSPS) is 13.7. The molecular weight excluding hydrogens is 304 g/mol. The van der Waals surface area contributed by atoms with Crippen LogP contribution in [-0.2, 0) is 0 Å². The number of hydrogen-bond acceptors (Lipinski definition) is 4. The Balaban J connectivity index is 1.78. The second kappa shape index (κ2) is 4.93. The molecule has 1 aliphatic heterocycles. The van der Waals surface area contributed by atoms with Gasteiger partial charge in [-0.2, -0.15) is 9.90 Å². The number of nitrogens with zero attached hydrogens (tertiary/aromatic N) is 4. The standard InChI is InChI=1S/C18H12N4S/c1-3-9-15-12(6-1)17(13-7-2-4-10-16(13)23-15)22-20-14-8-5-11-19-18(14)21-22/h1-11,17H. The van der Waals surface area contributed by atoms with E-state index in [0.29, 0.717) is 5.65 Å². The molecule has 3 heterocycles. The summed E-state index contributed by atoms with van der Waals surface area (Å²) in [6, 6.07) is 20.7. The van der Waals surface area contributed by atoms with E-state index in [2.05, 4.69) is 63.7 Å². The average Bonchev–Trinajstić information content (AvgIpc) is 3.03. The van der Waals surface area contributed by atoms with E-state index in [1.807, 2.05) is 12.1 Å². The molecular formula is C18H12N4S. The third-order valence-electron chi connectivity index (χ3n) is 4.05. The lowest BCUT2D eigenvalue weighted by atomic mass is 9.98. The van der Waals surface area contributed by atoms with E-state index in [4.69, 9.17) is 0 Å². The molecule has 5 heteroatoms. The molecule has 0 N–H and O–H groups in total. The Bertz CT molecular complexity index is 946. The van der Waals surface area contributed by atoms with Crippen LogP contribution < -0.4 is 0 Å². The molecule has 0 saturated heterocycles. The molecule has 110 valence electrons. The SMILES string of the molecule is c1ccc2c(c1)Sc1ccccc1C2n1nc2cccnc2n1. The Morgan fingerprint density at radius 2 is 1.48 bits per heavy atom. The fraction of sp³-hybridized carbons (Fsp3) is 0.0556. The summed E-state index contributed by atoms with van der Waals surface area (Å²) in [7, 11) is 0. The molecule has 0 spiro atoms. The first-order chi connectivity index (χ1) is 11.4. The smallest absolute Gasteiger partial charge is 0.201 e. The van der Waals surface area contributed by atoms with Gasteiger partial charge in [-0.05, 0) is 35.4 Å². The number of pyridine rings is 1. The Hall–Kier alpha value is -2.66. The number of aromatic nitrogens is 4. The second-order valence-electron chi connectivity index (χ2n) is 5.45. The van der Waals surface area contributed by atoms with Crippen molar-refractivity contribution >= 4 is 22.9 Å². The highest BCUT2D eigenvalue weighted by molar-refractivity contribution is 7.99. The molecule has 4 aromatic rings. The van der Waals surface area contributed by atoms with Crippen LogP contribution in [0.4, 0.5) is 0 Å². The molecule has 0 unspecified atom stereocenters. The van der Waals surface area contributed by atoms with Crippen molar-refractivity contribution in [3.05, 3.63) is 78.0 Å². The third kappa shape index (κ3) is 1.97. The predicted molar refractivity (Wildman–Crippen MR) is 89.6 cm³/mol. The highest BCUT2D eigenvalue weighted by Gasteiger charge is 2.28. The highest BCUT2D eigenvalue weighted by Crippen LogP contribution is 2.45. The summed E-state index contributed by atoms with van der Waals surface area (Å²) in [5, 5.41) is 9.29. The minimum absolute atomic E-state index is 0.0159. The summed E-state index contributed by atoms with van der Waals surface area (Å²) in [6.45, 7) is 0. The van der Waals surface area contributed by atoms with Crippen molar-refractivity contribution in [2.45, 2.75) is 15.8 Å². The number of rotatable bonds is 1. The Kier molecular flexibility index (Phi) is 2.75. The van der Waals surface area contributed by atoms with E-state index >= 15 is 0 Å². The summed E-state index contributed by atoms with van der Waals surface area (Å²) in [5.41, 5.74) is 3.97. The fourth-order valence-corrected chi connectivity index (χ4v) is 4.15. The van der Waals surface area contributed by atoms with Crippen molar-refractivity contribution in [2.75, 3.05) is 0 Å². The van der Waals surface area contributed by atoms with Gasteiger partial charge in [0.15, 0.2) is 0 Å². The maximum atomic E-state index is 4.67. The van der Waals surface area contributed by atoms with Gasteiger partial charge in [-0.25, -0.2) is 4.98 Å². The van der Waals surface area contributed by atoms with Gasteiger partial charge in [0, 0.05) is 16.0 Å². The maximum absolute atomic E-state index is 4.67. The maximum Gasteiger partial charge on any atom is 0.201 e. The second-order valence-corrected chi connectivity index (χ2v) is 6.53. The van der Waals surface area contributed by atoms with E-state index in [9.17, 15) is 0 Å². The minimum atomic E-state index is -0.0159. The molecule has 23 heavy (non-hydrogen) atoms. The lowest BCUT2D eigenvalue weighted by molar-refractivity contribution is 0.511. The van der Waals surface area contributed by atoms with Gasteiger partial charge < -0.3 is 0 Å². The topological polar surface area (TPSA) is 43.6 Å².